The number of anilines is 1. The molecule has 21 heavy (non-hydrogen) atoms. The molecule has 0 radical (unpaired) electrons. The van der Waals surface area contributed by atoms with Gasteiger partial charge in [-0.05, 0) is 37.2 Å². The van der Waals surface area contributed by atoms with Gasteiger partial charge in [-0.25, -0.2) is 13.5 Å². The summed E-state index contributed by atoms with van der Waals surface area (Å²) in [5, 5.41) is 8.79. The molecule has 7 nitrogen and oxygen atoms in total. The van der Waals surface area contributed by atoms with Crippen LogP contribution in [0, 0.1) is 6.92 Å². The summed E-state index contributed by atoms with van der Waals surface area (Å²) in [5.74, 6) is 0.0630. The third-order valence-corrected chi connectivity index (χ3v) is 4.34. The zero-order chi connectivity index (χ0) is 15.5. The lowest BCUT2D eigenvalue weighted by atomic mass is 10.1. The molecule has 0 aliphatic rings. The predicted molar refractivity (Wildman–Crippen MR) is 79.6 cm³/mol. The third-order valence-electron chi connectivity index (χ3n) is 2.84. The van der Waals surface area contributed by atoms with Crippen LogP contribution in [-0.4, -0.2) is 25.7 Å². The van der Waals surface area contributed by atoms with Gasteiger partial charge in [0.1, 0.15) is 0 Å². The van der Waals surface area contributed by atoms with Gasteiger partial charge in [-0.3, -0.25) is 9.52 Å². The quantitative estimate of drug-likeness (QED) is 0.750. The molecule has 0 aliphatic carbocycles. The van der Waals surface area contributed by atoms with E-state index in [0.29, 0.717) is 12.1 Å². The average molecular weight is 308 g/mol. The molecule has 0 saturated carbocycles. The maximum atomic E-state index is 12.4. The van der Waals surface area contributed by atoms with Crippen molar-refractivity contribution in [3.8, 4) is 0 Å². The van der Waals surface area contributed by atoms with Crippen LogP contribution in [0.4, 0.5) is 5.82 Å². The summed E-state index contributed by atoms with van der Waals surface area (Å²) in [4.78, 5) is 11.1. The maximum absolute atomic E-state index is 12.4. The average Bonchev–Trinajstić information content (AvgIpc) is 2.43. The van der Waals surface area contributed by atoms with E-state index in [0.717, 1.165) is 5.56 Å². The number of hydrogen-bond acceptors (Lipinski definition) is 5. The molecular formula is C13H16N4O3S. The molecule has 0 unspecified atom stereocenters. The Morgan fingerprint density at radius 3 is 2.62 bits per heavy atom. The Kier molecular flexibility index (Phi) is 4.39. The number of aromatic amines is 1. The number of nitrogens with one attached hydrogen (secondary N) is 3. The standard InChI is InChI=1S/C13H16N4O3S/c1-9-3-4-10(8-14-2)7-11(9)21(19,20)17-12-5-6-13(18)16-15-12/h3-7,14H,8H2,1-2H3,(H,15,17)(H,16,18). The molecule has 0 atom stereocenters. The Balaban J connectivity index is 2.36. The molecule has 0 saturated heterocycles. The van der Waals surface area contributed by atoms with Crippen LogP contribution in [-0.2, 0) is 16.6 Å². The van der Waals surface area contributed by atoms with E-state index >= 15 is 0 Å². The smallest absolute Gasteiger partial charge is 0.264 e. The molecule has 1 aromatic carbocycles. The fourth-order valence-electron chi connectivity index (χ4n) is 1.84. The lowest BCUT2D eigenvalue weighted by molar-refractivity contribution is 0.600. The van der Waals surface area contributed by atoms with E-state index in [2.05, 4.69) is 20.2 Å². The molecule has 112 valence electrons. The SMILES string of the molecule is CNCc1ccc(C)c(S(=O)(=O)Nc2ccc(=O)[nH]n2)c1. The van der Waals surface area contributed by atoms with E-state index in [1.165, 1.54) is 12.1 Å². The maximum Gasteiger partial charge on any atom is 0.264 e. The van der Waals surface area contributed by atoms with Gasteiger partial charge >= 0.3 is 0 Å². The first-order valence-corrected chi connectivity index (χ1v) is 7.73. The molecule has 1 aromatic heterocycles. The van der Waals surface area contributed by atoms with Gasteiger partial charge in [-0.2, -0.15) is 5.10 Å². The number of nitrogens with zero attached hydrogens (tertiary/aromatic N) is 1. The van der Waals surface area contributed by atoms with Gasteiger partial charge in [0.25, 0.3) is 15.6 Å². The first kappa shape index (κ1) is 15.2. The highest BCUT2D eigenvalue weighted by molar-refractivity contribution is 7.92. The van der Waals surface area contributed by atoms with Gasteiger partial charge in [0.2, 0.25) is 0 Å². The number of H-pyrrole nitrogens is 1. The van der Waals surface area contributed by atoms with Gasteiger partial charge in [-0.1, -0.05) is 12.1 Å². The van der Waals surface area contributed by atoms with Crippen molar-refractivity contribution in [1.82, 2.24) is 15.5 Å². The molecule has 8 heteroatoms. The molecule has 3 N–H and O–H groups in total. The van der Waals surface area contributed by atoms with E-state index in [1.807, 2.05) is 6.07 Å². The van der Waals surface area contributed by atoms with Crippen molar-refractivity contribution >= 4 is 15.8 Å². The van der Waals surface area contributed by atoms with E-state index in [-0.39, 0.29) is 10.7 Å². The molecule has 0 bridgehead atoms. The minimum atomic E-state index is -3.76. The number of aromatic nitrogens is 2. The molecule has 0 amide bonds. The van der Waals surface area contributed by atoms with Gasteiger partial charge < -0.3 is 5.32 Å². The van der Waals surface area contributed by atoms with Crippen molar-refractivity contribution in [2.24, 2.45) is 0 Å². The molecule has 1 heterocycles. The first-order valence-electron chi connectivity index (χ1n) is 6.25. The zero-order valence-electron chi connectivity index (χ0n) is 11.7. The van der Waals surface area contributed by atoms with Gasteiger partial charge in [0, 0.05) is 12.6 Å². The monoisotopic (exact) mass is 308 g/mol. The number of sulfonamides is 1. The minimum Gasteiger partial charge on any atom is -0.316 e. The molecule has 0 spiro atoms. The molecule has 0 fully saturated rings. The highest BCUT2D eigenvalue weighted by Crippen LogP contribution is 2.19. The Morgan fingerprint density at radius 2 is 2.00 bits per heavy atom. The third kappa shape index (κ3) is 3.67. The number of rotatable bonds is 5. The fourth-order valence-corrected chi connectivity index (χ4v) is 3.14. The van der Waals surface area contributed by atoms with Crippen molar-refractivity contribution in [3.05, 3.63) is 51.8 Å². The van der Waals surface area contributed by atoms with E-state index in [4.69, 9.17) is 0 Å². The highest BCUT2D eigenvalue weighted by Gasteiger charge is 2.18. The molecule has 2 rings (SSSR count). The van der Waals surface area contributed by atoms with Crippen molar-refractivity contribution in [2.75, 3.05) is 11.8 Å². The van der Waals surface area contributed by atoms with Crippen LogP contribution in [0.3, 0.4) is 0 Å². The topological polar surface area (TPSA) is 104 Å². The van der Waals surface area contributed by atoms with Crippen LogP contribution in [0.15, 0.2) is 40.0 Å². The van der Waals surface area contributed by atoms with Crippen LogP contribution >= 0.6 is 0 Å². The van der Waals surface area contributed by atoms with E-state index in [9.17, 15) is 13.2 Å². The second kappa shape index (κ2) is 6.06. The van der Waals surface area contributed by atoms with Gasteiger partial charge in [0.05, 0.1) is 4.90 Å². The van der Waals surface area contributed by atoms with Crippen LogP contribution in [0.5, 0.6) is 0 Å². The van der Waals surface area contributed by atoms with Gasteiger partial charge in [0.15, 0.2) is 5.82 Å². The summed E-state index contributed by atoms with van der Waals surface area (Å²) < 4.78 is 27.1. The highest BCUT2D eigenvalue weighted by atomic mass is 32.2. The van der Waals surface area contributed by atoms with Crippen LogP contribution < -0.4 is 15.6 Å². The van der Waals surface area contributed by atoms with E-state index in [1.54, 1.807) is 26.1 Å². The molecular weight excluding hydrogens is 292 g/mol. The van der Waals surface area contributed by atoms with Crippen LogP contribution in [0.1, 0.15) is 11.1 Å². The first-order chi connectivity index (χ1) is 9.92. The van der Waals surface area contributed by atoms with Crippen LogP contribution in [0.25, 0.3) is 0 Å². The van der Waals surface area contributed by atoms with Crippen molar-refractivity contribution in [2.45, 2.75) is 18.4 Å². The lowest BCUT2D eigenvalue weighted by Gasteiger charge is -2.11. The summed E-state index contributed by atoms with van der Waals surface area (Å²) >= 11 is 0. The van der Waals surface area contributed by atoms with Gasteiger partial charge in [-0.15, -0.1) is 0 Å². The normalized spacial score (nSPS) is 11.3. The summed E-state index contributed by atoms with van der Waals surface area (Å²) in [7, 11) is -1.97. The van der Waals surface area contributed by atoms with Crippen molar-refractivity contribution < 1.29 is 8.42 Å². The largest absolute Gasteiger partial charge is 0.316 e. The molecule has 2 aromatic rings. The number of aryl methyl sites for hydroxylation is 1. The summed E-state index contributed by atoms with van der Waals surface area (Å²) in [6.07, 6.45) is 0. The number of benzene rings is 1. The second-order valence-electron chi connectivity index (χ2n) is 4.54. The summed E-state index contributed by atoms with van der Waals surface area (Å²) in [5.41, 5.74) is 1.09. The Hall–Kier alpha value is -2.19. The Labute approximate surface area is 122 Å². The second-order valence-corrected chi connectivity index (χ2v) is 6.19. The van der Waals surface area contributed by atoms with Crippen LogP contribution in [0.2, 0.25) is 0 Å². The fraction of sp³-hybridized carbons (Fsp3) is 0.231. The lowest BCUT2D eigenvalue weighted by Crippen LogP contribution is -2.18. The van der Waals surface area contributed by atoms with Crippen molar-refractivity contribution in [1.29, 1.82) is 0 Å². The molecule has 0 aliphatic heterocycles. The summed E-state index contributed by atoms with van der Waals surface area (Å²) in [6.45, 7) is 2.29. The Bertz CT molecular complexity index is 779. The Morgan fingerprint density at radius 1 is 1.24 bits per heavy atom. The minimum absolute atomic E-state index is 0.0630. The summed E-state index contributed by atoms with van der Waals surface area (Å²) in [6, 6.07) is 7.74. The number of hydrogen-bond donors (Lipinski definition) is 3. The van der Waals surface area contributed by atoms with Crippen molar-refractivity contribution in [3.63, 3.8) is 0 Å². The zero-order valence-corrected chi connectivity index (χ0v) is 12.5. The predicted octanol–water partition coefficient (Wildman–Crippen LogP) is 0.599. The van der Waals surface area contributed by atoms with E-state index < -0.39 is 15.6 Å².